The smallest absolute Gasteiger partial charge is 0.307 e. The molecule has 1 N–H and O–H groups in total. The molecule has 156 valence electrons. The topological polar surface area (TPSA) is 61.5 Å². The maximum absolute atomic E-state index is 13.8. The number of alkyl halides is 6. The predicted molar refractivity (Wildman–Crippen MR) is 92.3 cm³/mol. The minimum atomic E-state index is -4.99. The van der Waals surface area contributed by atoms with Crippen LogP contribution in [0.2, 0.25) is 0 Å². The van der Waals surface area contributed by atoms with Crippen LogP contribution in [-0.4, -0.2) is 31.1 Å². The maximum atomic E-state index is 13.8. The van der Waals surface area contributed by atoms with Crippen LogP contribution in [0.3, 0.4) is 0 Å². The summed E-state index contributed by atoms with van der Waals surface area (Å²) in [4.78, 5) is 3.74. The van der Waals surface area contributed by atoms with Crippen LogP contribution >= 0.6 is 0 Å². The minimum Gasteiger partial charge on any atom is -0.307 e. The Kier molecular flexibility index (Phi) is 5.11. The third-order valence-electron chi connectivity index (χ3n) is 4.32. The molecule has 0 unspecified atom stereocenters. The molecule has 2 heterocycles. The molecule has 3 rings (SSSR count). The van der Waals surface area contributed by atoms with Gasteiger partial charge in [-0.05, 0) is 29.8 Å². The number of halogens is 6. The van der Waals surface area contributed by atoms with Crippen molar-refractivity contribution in [1.29, 1.82) is 4.78 Å². The fraction of sp³-hybridized carbons (Fsp3) is 0.235. The second-order valence-corrected chi connectivity index (χ2v) is 8.29. The summed E-state index contributed by atoms with van der Waals surface area (Å²) in [5.74, 6) is 0. The quantitative estimate of drug-likeness (QED) is 0.591. The van der Waals surface area contributed by atoms with Crippen LogP contribution in [-0.2, 0) is 16.1 Å². The molecule has 0 aliphatic heterocycles. The maximum Gasteiger partial charge on any atom is 0.416 e. The Morgan fingerprint density at radius 1 is 1.07 bits per heavy atom. The van der Waals surface area contributed by atoms with Crippen molar-refractivity contribution in [1.82, 2.24) is 13.7 Å². The number of fused-ring (bicyclic) bond motifs is 1. The van der Waals surface area contributed by atoms with Gasteiger partial charge in [-0.1, -0.05) is 12.1 Å². The molecule has 2 atom stereocenters. The number of nitrogens with one attached hydrogen (secondary N) is 1. The van der Waals surface area contributed by atoms with Crippen molar-refractivity contribution >= 4 is 15.6 Å². The third kappa shape index (κ3) is 4.08. The Labute approximate surface area is 161 Å². The van der Waals surface area contributed by atoms with E-state index in [1.165, 1.54) is 28.9 Å². The van der Waals surface area contributed by atoms with Crippen LogP contribution < -0.4 is 0 Å². The molecule has 0 amide bonds. The van der Waals surface area contributed by atoms with Crippen molar-refractivity contribution in [2.75, 3.05) is 7.05 Å². The molecule has 0 aliphatic rings. The molecule has 3 aromatic rings. The first kappa shape index (κ1) is 21.1. The van der Waals surface area contributed by atoms with Crippen LogP contribution in [0.4, 0.5) is 26.3 Å². The van der Waals surface area contributed by atoms with Gasteiger partial charge in [0.05, 0.1) is 10.5 Å². The number of benzene rings is 1. The number of nitrogens with zero attached hydrogens (tertiary/aromatic N) is 3. The second-order valence-electron chi connectivity index (χ2n) is 6.19. The number of hydrogen-bond donors (Lipinski definition) is 1. The summed E-state index contributed by atoms with van der Waals surface area (Å²) < 4.78 is 102. The highest BCUT2D eigenvalue weighted by molar-refractivity contribution is 7.90. The Balaban J connectivity index is 2.04. The van der Waals surface area contributed by atoms with Gasteiger partial charge in [0.25, 0.3) is 0 Å². The summed E-state index contributed by atoms with van der Waals surface area (Å²) in [5, 5.41) is 0. The highest BCUT2D eigenvalue weighted by Crippen LogP contribution is 2.40. The summed E-state index contributed by atoms with van der Waals surface area (Å²) in [6, 6.07) is 2.29. The molecule has 0 bridgehead atoms. The average molecular weight is 436 g/mol. The number of imidazole rings is 1. The highest BCUT2D eigenvalue weighted by Gasteiger charge is 2.47. The van der Waals surface area contributed by atoms with Crippen molar-refractivity contribution in [3.8, 4) is 0 Å². The SMILES string of the molecule is CN([C@H](c1ccc(C(F)(F)F)cc1)C(F)(F)F)[S@](=N)(=O)c1ccn2ccnc2c1. The zero-order chi connectivity index (χ0) is 21.6. The molecule has 2 aromatic heterocycles. The molecule has 0 radical (unpaired) electrons. The second kappa shape index (κ2) is 7.02. The average Bonchev–Trinajstić information content (AvgIpc) is 3.08. The van der Waals surface area contributed by atoms with Gasteiger partial charge >= 0.3 is 12.4 Å². The molecule has 0 saturated heterocycles. The van der Waals surface area contributed by atoms with Gasteiger partial charge in [0, 0.05) is 25.6 Å². The number of rotatable bonds is 4. The van der Waals surface area contributed by atoms with E-state index >= 15 is 0 Å². The van der Waals surface area contributed by atoms with Crippen molar-refractivity contribution < 1.29 is 30.6 Å². The van der Waals surface area contributed by atoms with Crippen LogP contribution in [0.25, 0.3) is 5.65 Å². The van der Waals surface area contributed by atoms with Crippen molar-refractivity contribution in [3.63, 3.8) is 0 Å². The van der Waals surface area contributed by atoms with E-state index < -0.39 is 39.4 Å². The Morgan fingerprint density at radius 2 is 1.69 bits per heavy atom. The Hall–Kier alpha value is -2.60. The van der Waals surface area contributed by atoms with Gasteiger partial charge < -0.3 is 4.40 Å². The molecular formula is C17H14F6N4OS. The van der Waals surface area contributed by atoms with Crippen LogP contribution in [0.15, 0.2) is 59.9 Å². The zero-order valence-electron chi connectivity index (χ0n) is 14.7. The predicted octanol–water partition coefficient (Wildman–Crippen LogP) is 4.91. The largest absolute Gasteiger partial charge is 0.416 e. The van der Waals surface area contributed by atoms with E-state index in [0.717, 1.165) is 7.05 Å². The van der Waals surface area contributed by atoms with Crippen molar-refractivity contribution in [2.24, 2.45) is 0 Å². The fourth-order valence-corrected chi connectivity index (χ4v) is 4.22. The van der Waals surface area contributed by atoms with E-state index in [2.05, 4.69) is 4.98 Å². The lowest BCUT2D eigenvalue weighted by atomic mass is 10.0. The van der Waals surface area contributed by atoms with Crippen LogP contribution in [0.5, 0.6) is 0 Å². The summed E-state index contributed by atoms with van der Waals surface area (Å²) in [6.45, 7) is 0. The van der Waals surface area contributed by atoms with Gasteiger partial charge in [-0.2, -0.15) is 26.3 Å². The van der Waals surface area contributed by atoms with Crippen LogP contribution in [0, 0.1) is 4.78 Å². The van der Waals surface area contributed by atoms with Crippen molar-refractivity contribution in [3.05, 3.63) is 66.1 Å². The standard InChI is InChI=1S/C17H14F6N4OS/c1-26(29(24,28)13-6-8-27-9-7-25-14(27)10-13)15(17(21,22)23)11-2-4-12(5-3-11)16(18,19)20/h2-10,15,24H,1H3/t15-,29+/m1/s1. The number of aromatic nitrogens is 2. The summed E-state index contributed by atoms with van der Waals surface area (Å²) in [7, 11) is -3.29. The van der Waals surface area contributed by atoms with Gasteiger partial charge in [-0.3, -0.25) is 0 Å². The van der Waals surface area contributed by atoms with E-state index in [-0.39, 0.29) is 10.5 Å². The Bertz CT molecular complexity index is 1120. The van der Waals surface area contributed by atoms with Crippen molar-refractivity contribution in [2.45, 2.75) is 23.3 Å². The first-order valence-corrected chi connectivity index (χ1v) is 9.51. The first-order valence-electron chi connectivity index (χ1n) is 8.00. The third-order valence-corrected chi connectivity index (χ3v) is 6.24. The van der Waals surface area contributed by atoms with E-state index in [1.807, 2.05) is 0 Å². The van der Waals surface area contributed by atoms with Gasteiger partial charge in [0.1, 0.15) is 21.6 Å². The molecule has 0 fully saturated rings. The lowest BCUT2D eigenvalue weighted by molar-refractivity contribution is -0.170. The van der Waals surface area contributed by atoms with E-state index in [0.29, 0.717) is 28.6 Å². The monoisotopic (exact) mass is 436 g/mol. The van der Waals surface area contributed by atoms with E-state index in [4.69, 9.17) is 4.78 Å². The molecule has 0 saturated carbocycles. The number of hydrogen-bond acceptors (Lipinski definition) is 3. The van der Waals surface area contributed by atoms with Gasteiger partial charge in [0.2, 0.25) is 0 Å². The molecule has 12 heteroatoms. The molecule has 29 heavy (non-hydrogen) atoms. The number of pyridine rings is 1. The first-order chi connectivity index (χ1) is 13.3. The zero-order valence-corrected chi connectivity index (χ0v) is 15.5. The minimum absolute atomic E-state index is 0.208. The van der Waals surface area contributed by atoms with Gasteiger partial charge in [-0.15, -0.1) is 0 Å². The highest BCUT2D eigenvalue weighted by atomic mass is 32.2. The molecule has 5 nitrogen and oxygen atoms in total. The Morgan fingerprint density at radius 3 is 2.24 bits per heavy atom. The van der Waals surface area contributed by atoms with E-state index in [9.17, 15) is 30.6 Å². The van der Waals surface area contributed by atoms with E-state index in [1.54, 1.807) is 6.20 Å². The normalized spacial score (nSPS) is 16.1. The molecule has 0 spiro atoms. The van der Waals surface area contributed by atoms with Gasteiger partial charge in [0.15, 0.2) is 0 Å². The van der Waals surface area contributed by atoms with Crippen LogP contribution in [0.1, 0.15) is 17.2 Å². The van der Waals surface area contributed by atoms with Gasteiger partial charge in [-0.25, -0.2) is 18.3 Å². The summed E-state index contributed by atoms with van der Waals surface area (Å²) in [5.41, 5.74) is -1.38. The molecule has 1 aromatic carbocycles. The molecule has 0 aliphatic carbocycles. The fourth-order valence-electron chi connectivity index (χ4n) is 2.84. The summed E-state index contributed by atoms with van der Waals surface area (Å²) in [6.07, 6.45) is -5.30. The summed E-state index contributed by atoms with van der Waals surface area (Å²) >= 11 is 0. The lowest BCUT2D eigenvalue weighted by Crippen LogP contribution is -2.39. The lowest BCUT2D eigenvalue weighted by Gasteiger charge is -2.31. The molecular weight excluding hydrogens is 422 g/mol.